The second kappa shape index (κ2) is 7.47. The summed E-state index contributed by atoms with van der Waals surface area (Å²) in [4.78, 5) is 9.26. The van der Waals surface area contributed by atoms with E-state index in [1.165, 1.54) is 0 Å². The number of unbranched alkanes of at least 4 members (excludes halogenated alkanes) is 1. The average Bonchev–Trinajstić information content (AvgIpc) is 3.39. The van der Waals surface area contributed by atoms with E-state index in [2.05, 4.69) is 28.3 Å². The first-order chi connectivity index (χ1) is 11.3. The Bertz CT molecular complexity index is 705. The lowest BCUT2D eigenvalue weighted by atomic mass is 10.1. The predicted molar refractivity (Wildman–Crippen MR) is 94.5 cm³/mol. The molecule has 0 bridgehead atoms. The van der Waals surface area contributed by atoms with Gasteiger partial charge in [0.2, 0.25) is 0 Å². The summed E-state index contributed by atoms with van der Waals surface area (Å²) in [5.41, 5.74) is 2.23. The molecular formula is C18H20N4S. The maximum atomic E-state index is 9.62. The van der Waals surface area contributed by atoms with Crippen LogP contribution in [0.2, 0.25) is 0 Å². The van der Waals surface area contributed by atoms with E-state index < -0.39 is 0 Å². The van der Waals surface area contributed by atoms with Crippen LogP contribution in [0.1, 0.15) is 38.2 Å². The number of hydrogen-bond donors (Lipinski definition) is 1. The predicted octanol–water partition coefficient (Wildman–Crippen LogP) is 4.48. The van der Waals surface area contributed by atoms with Crippen molar-refractivity contribution in [2.45, 2.75) is 43.8 Å². The van der Waals surface area contributed by atoms with Crippen molar-refractivity contribution in [1.29, 1.82) is 5.26 Å². The van der Waals surface area contributed by atoms with Gasteiger partial charge in [0.25, 0.3) is 0 Å². The highest BCUT2D eigenvalue weighted by molar-refractivity contribution is 7.99. The molecular weight excluding hydrogens is 304 g/mol. The minimum Gasteiger partial charge on any atom is -0.366 e. The van der Waals surface area contributed by atoms with Gasteiger partial charge in [-0.05, 0) is 19.3 Å². The highest BCUT2D eigenvalue weighted by Gasteiger charge is 2.25. The third-order valence-corrected chi connectivity index (χ3v) is 4.63. The molecule has 23 heavy (non-hydrogen) atoms. The van der Waals surface area contributed by atoms with E-state index in [0.29, 0.717) is 17.4 Å². The SMILES string of the molecule is CCCCSc1nc(NC2CC2)c(C#N)c(-c2ccccc2)n1. The molecule has 1 heterocycles. The molecule has 0 saturated heterocycles. The maximum Gasteiger partial charge on any atom is 0.190 e. The first-order valence-electron chi connectivity index (χ1n) is 8.08. The quantitative estimate of drug-likeness (QED) is 0.462. The molecule has 5 heteroatoms. The Kier molecular flexibility index (Phi) is 5.14. The van der Waals surface area contributed by atoms with E-state index in [4.69, 9.17) is 0 Å². The topological polar surface area (TPSA) is 61.6 Å². The molecule has 0 aliphatic heterocycles. The largest absolute Gasteiger partial charge is 0.366 e. The van der Waals surface area contributed by atoms with Crippen LogP contribution in [0.4, 0.5) is 5.82 Å². The number of thioether (sulfide) groups is 1. The van der Waals surface area contributed by atoms with E-state index in [9.17, 15) is 5.26 Å². The zero-order valence-corrected chi connectivity index (χ0v) is 14.1. The molecule has 118 valence electrons. The second-order valence-electron chi connectivity index (χ2n) is 5.68. The van der Waals surface area contributed by atoms with Gasteiger partial charge in [0.05, 0.1) is 5.69 Å². The van der Waals surface area contributed by atoms with Crippen molar-refractivity contribution in [3.05, 3.63) is 35.9 Å². The van der Waals surface area contributed by atoms with Crippen LogP contribution < -0.4 is 5.32 Å². The number of aromatic nitrogens is 2. The Morgan fingerprint density at radius 3 is 2.70 bits per heavy atom. The molecule has 1 N–H and O–H groups in total. The molecule has 1 fully saturated rings. The molecule has 0 unspecified atom stereocenters. The van der Waals surface area contributed by atoms with Crippen LogP contribution in [0.5, 0.6) is 0 Å². The summed E-state index contributed by atoms with van der Waals surface area (Å²) in [5, 5.41) is 13.8. The third kappa shape index (κ3) is 4.02. The van der Waals surface area contributed by atoms with Crippen LogP contribution in [0.25, 0.3) is 11.3 Å². The summed E-state index contributed by atoms with van der Waals surface area (Å²) in [5.74, 6) is 1.68. The second-order valence-corrected chi connectivity index (χ2v) is 6.74. The third-order valence-electron chi connectivity index (χ3n) is 3.69. The van der Waals surface area contributed by atoms with Crippen LogP contribution >= 0.6 is 11.8 Å². The van der Waals surface area contributed by atoms with Gasteiger partial charge >= 0.3 is 0 Å². The van der Waals surface area contributed by atoms with Crippen molar-refractivity contribution < 1.29 is 0 Å². The Labute approximate surface area is 141 Å². The van der Waals surface area contributed by atoms with Crippen LogP contribution in [0.15, 0.2) is 35.5 Å². The normalized spacial score (nSPS) is 13.6. The van der Waals surface area contributed by atoms with Gasteiger partial charge in [-0.1, -0.05) is 55.4 Å². The fourth-order valence-corrected chi connectivity index (χ4v) is 3.18. The fourth-order valence-electron chi connectivity index (χ4n) is 2.25. The van der Waals surface area contributed by atoms with E-state index in [1.54, 1.807) is 11.8 Å². The highest BCUT2D eigenvalue weighted by atomic mass is 32.2. The molecule has 1 aliphatic carbocycles. The monoisotopic (exact) mass is 324 g/mol. The molecule has 2 aromatic rings. The minimum absolute atomic E-state index is 0.453. The fraction of sp³-hybridized carbons (Fsp3) is 0.389. The van der Waals surface area contributed by atoms with Crippen molar-refractivity contribution in [2.75, 3.05) is 11.1 Å². The maximum absolute atomic E-state index is 9.62. The Hall–Kier alpha value is -2.06. The molecule has 3 rings (SSSR count). The summed E-state index contributed by atoms with van der Waals surface area (Å²) < 4.78 is 0. The molecule has 0 amide bonds. The number of anilines is 1. The zero-order chi connectivity index (χ0) is 16.1. The lowest BCUT2D eigenvalue weighted by molar-refractivity contribution is 0.887. The number of nitrogens with one attached hydrogen (secondary N) is 1. The first-order valence-corrected chi connectivity index (χ1v) is 9.07. The van der Waals surface area contributed by atoms with Crippen molar-refractivity contribution in [3.63, 3.8) is 0 Å². The van der Waals surface area contributed by atoms with Gasteiger partial charge in [-0.15, -0.1) is 0 Å². The van der Waals surface area contributed by atoms with Gasteiger partial charge in [-0.3, -0.25) is 0 Å². The number of rotatable bonds is 7. The Balaban J connectivity index is 2.00. The minimum atomic E-state index is 0.453. The number of nitriles is 1. The van der Waals surface area contributed by atoms with Crippen molar-refractivity contribution in [3.8, 4) is 17.3 Å². The molecule has 1 saturated carbocycles. The lowest BCUT2D eigenvalue weighted by Crippen LogP contribution is -2.08. The molecule has 1 aromatic carbocycles. The van der Waals surface area contributed by atoms with Crippen molar-refractivity contribution >= 4 is 17.6 Å². The van der Waals surface area contributed by atoms with Crippen molar-refractivity contribution in [1.82, 2.24) is 9.97 Å². The molecule has 1 aromatic heterocycles. The summed E-state index contributed by atoms with van der Waals surface area (Å²) in [7, 11) is 0. The zero-order valence-electron chi connectivity index (χ0n) is 13.2. The van der Waals surface area contributed by atoms with Gasteiger partial charge in [0.15, 0.2) is 5.16 Å². The summed E-state index contributed by atoms with van der Waals surface area (Å²) in [6.45, 7) is 2.18. The van der Waals surface area contributed by atoms with Crippen LogP contribution in [0, 0.1) is 11.3 Å². The van der Waals surface area contributed by atoms with Crippen LogP contribution in [-0.4, -0.2) is 21.8 Å². The highest BCUT2D eigenvalue weighted by Crippen LogP contribution is 2.32. The first kappa shape index (κ1) is 15.8. The van der Waals surface area contributed by atoms with Gasteiger partial charge < -0.3 is 5.32 Å². The molecule has 4 nitrogen and oxygen atoms in total. The molecule has 0 radical (unpaired) electrons. The van der Waals surface area contributed by atoms with E-state index >= 15 is 0 Å². The van der Waals surface area contributed by atoms with E-state index in [-0.39, 0.29) is 0 Å². The van der Waals surface area contributed by atoms with Gasteiger partial charge in [0, 0.05) is 17.4 Å². The standard InChI is InChI=1S/C18H20N4S/c1-2-3-11-23-18-21-16(13-7-5-4-6-8-13)15(12-19)17(22-18)20-14-9-10-14/h4-8,14H,2-3,9-11H2,1H3,(H,20,21,22). The summed E-state index contributed by atoms with van der Waals surface area (Å²) >= 11 is 1.66. The summed E-state index contributed by atoms with van der Waals surface area (Å²) in [6, 6.07) is 12.6. The molecule has 0 spiro atoms. The van der Waals surface area contributed by atoms with Gasteiger partial charge in [-0.2, -0.15) is 5.26 Å². The van der Waals surface area contributed by atoms with Crippen LogP contribution in [0.3, 0.4) is 0 Å². The average molecular weight is 324 g/mol. The van der Waals surface area contributed by atoms with Crippen molar-refractivity contribution in [2.24, 2.45) is 0 Å². The smallest absolute Gasteiger partial charge is 0.190 e. The lowest BCUT2D eigenvalue weighted by Gasteiger charge is -2.12. The number of nitrogens with zero attached hydrogens (tertiary/aromatic N) is 3. The number of benzene rings is 1. The van der Waals surface area contributed by atoms with Gasteiger partial charge in [0.1, 0.15) is 17.5 Å². The summed E-state index contributed by atoms with van der Waals surface area (Å²) in [6.07, 6.45) is 4.59. The van der Waals surface area contributed by atoms with Crippen LogP contribution in [-0.2, 0) is 0 Å². The number of hydrogen-bond acceptors (Lipinski definition) is 5. The van der Waals surface area contributed by atoms with E-state index in [1.807, 2.05) is 30.3 Å². The van der Waals surface area contributed by atoms with Gasteiger partial charge in [-0.25, -0.2) is 9.97 Å². The Morgan fingerprint density at radius 1 is 1.26 bits per heavy atom. The van der Waals surface area contributed by atoms with E-state index in [0.717, 1.165) is 47.8 Å². The molecule has 0 atom stereocenters. The Morgan fingerprint density at radius 2 is 2.04 bits per heavy atom. The molecule has 1 aliphatic rings.